The van der Waals surface area contributed by atoms with Crippen molar-refractivity contribution < 1.29 is 9.18 Å². The highest BCUT2D eigenvalue weighted by Crippen LogP contribution is 2.18. The Morgan fingerprint density at radius 3 is 2.88 bits per heavy atom. The number of carbonyl (C=O) groups is 1. The van der Waals surface area contributed by atoms with E-state index in [2.05, 4.69) is 9.97 Å². The molecule has 17 heavy (non-hydrogen) atoms. The van der Waals surface area contributed by atoms with Crippen LogP contribution >= 0.6 is 11.6 Å². The number of H-pyrrole nitrogens is 1. The average Bonchev–Trinajstić information content (AvgIpc) is 2.19. The van der Waals surface area contributed by atoms with Gasteiger partial charge in [-0.3, -0.25) is 9.59 Å². The molecule has 0 unspecified atom stereocenters. The molecular weight excluding hydrogens is 249 g/mol. The summed E-state index contributed by atoms with van der Waals surface area (Å²) < 4.78 is 13.5. The Balaban J connectivity index is 2.73. The average molecular weight is 256 g/mol. The number of nitrogens with one attached hydrogen (secondary N) is 1. The van der Waals surface area contributed by atoms with Gasteiger partial charge in [-0.1, -0.05) is 11.6 Å². The topological polar surface area (TPSA) is 88.8 Å². The molecule has 5 nitrogen and oxygen atoms in total. The SMILES string of the molecule is NC(=O)Cc1nc2c(F)cc(Cl)cc2c(=O)[nH]1. The number of hydrogen-bond acceptors (Lipinski definition) is 3. The molecule has 0 aliphatic carbocycles. The van der Waals surface area contributed by atoms with Gasteiger partial charge in [0.05, 0.1) is 11.8 Å². The summed E-state index contributed by atoms with van der Waals surface area (Å²) in [5.41, 5.74) is 4.27. The number of aromatic nitrogens is 2. The van der Waals surface area contributed by atoms with Gasteiger partial charge in [-0.05, 0) is 12.1 Å². The van der Waals surface area contributed by atoms with Crippen LogP contribution in [0.3, 0.4) is 0 Å². The van der Waals surface area contributed by atoms with Gasteiger partial charge in [-0.15, -0.1) is 0 Å². The van der Waals surface area contributed by atoms with E-state index in [1.807, 2.05) is 0 Å². The summed E-state index contributed by atoms with van der Waals surface area (Å²) >= 11 is 5.63. The minimum Gasteiger partial charge on any atom is -0.369 e. The Bertz CT molecular complexity index is 668. The second-order valence-corrected chi connectivity index (χ2v) is 3.88. The molecule has 1 amide bonds. The number of rotatable bonds is 2. The Hall–Kier alpha value is -1.95. The summed E-state index contributed by atoms with van der Waals surface area (Å²) in [7, 11) is 0. The Morgan fingerprint density at radius 2 is 2.24 bits per heavy atom. The van der Waals surface area contributed by atoms with Crippen LogP contribution in [0.2, 0.25) is 5.02 Å². The van der Waals surface area contributed by atoms with Gasteiger partial charge in [-0.25, -0.2) is 9.37 Å². The molecule has 1 aromatic carbocycles. The normalized spacial score (nSPS) is 10.7. The van der Waals surface area contributed by atoms with E-state index in [1.54, 1.807) is 0 Å². The molecule has 0 fully saturated rings. The molecule has 0 aliphatic rings. The highest BCUT2D eigenvalue weighted by molar-refractivity contribution is 6.31. The molecular formula is C10H7ClFN3O2. The van der Waals surface area contributed by atoms with E-state index >= 15 is 0 Å². The van der Waals surface area contributed by atoms with Gasteiger partial charge in [0.25, 0.3) is 5.56 Å². The first-order valence-electron chi connectivity index (χ1n) is 4.63. The third kappa shape index (κ3) is 2.26. The van der Waals surface area contributed by atoms with Crippen molar-refractivity contribution in [2.24, 2.45) is 5.73 Å². The second kappa shape index (κ2) is 4.14. The van der Waals surface area contributed by atoms with Crippen LogP contribution in [0.5, 0.6) is 0 Å². The quantitative estimate of drug-likeness (QED) is 0.830. The lowest BCUT2D eigenvalue weighted by Gasteiger charge is -2.02. The van der Waals surface area contributed by atoms with E-state index in [9.17, 15) is 14.0 Å². The fourth-order valence-electron chi connectivity index (χ4n) is 1.46. The lowest BCUT2D eigenvalue weighted by Crippen LogP contribution is -2.20. The highest BCUT2D eigenvalue weighted by atomic mass is 35.5. The van der Waals surface area contributed by atoms with Crippen molar-refractivity contribution >= 4 is 28.4 Å². The Morgan fingerprint density at radius 1 is 1.53 bits per heavy atom. The van der Waals surface area contributed by atoms with Crippen molar-refractivity contribution in [3.8, 4) is 0 Å². The molecule has 3 N–H and O–H groups in total. The van der Waals surface area contributed by atoms with Crippen LogP contribution < -0.4 is 11.3 Å². The van der Waals surface area contributed by atoms with Crippen LogP contribution in [0.4, 0.5) is 4.39 Å². The van der Waals surface area contributed by atoms with Gasteiger partial charge in [-0.2, -0.15) is 0 Å². The van der Waals surface area contributed by atoms with Crippen molar-refractivity contribution in [3.63, 3.8) is 0 Å². The Kier molecular flexibility index (Phi) is 2.81. The first-order valence-corrected chi connectivity index (χ1v) is 5.01. The molecule has 1 heterocycles. The summed E-state index contributed by atoms with van der Waals surface area (Å²) in [4.78, 5) is 28.5. The predicted octanol–water partition coefficient (Wildman–Crippen LogP) is 0.743. The van der Waals surface area contributed by atoms with Crippen LogP contribution in [-0.2, 0) is 11.2 Å². The fourth-order valence-corrected chi connectivity index (χ4v) is 1.67. The van der Waals surface area contributed by atoms with E-state index in [0.717, 1.165) is 6.07 Å². The number of carbonyl (C=O) groups excluding carboxylic acids is 1. The van der Waals surface area contributed by atoms with Gasteiger partial charge in [0.1, 0.15) is 11.3 Å². The molecule has 1 aromatic heterocycles. The van der Waals surface area contributed by atoms with E-state index in [0.29, 0.717) is 0 Å². The van der Waals surface area contributed by atoms with Gasteiger partial charge < -0.3 is 10.7 Å². The zero-order valence-electron chi connectivity index (χ0n) is 8.46. The number of hydrogen-bond donors (Lipinski definition) is 2. The van der Waals surface area contributed by atoms with Crippen molar-refractivity contribution in [2.45, 2.75) is 6.42 Å². The monoisotopic (exact) mass is 255 g/mol. The highest BCUT2D eigenvalue weighted by Gasteiger charge is 2.11. The van der Waals surface area contributed by atoms with Crippen LogP contribution in [0.15, 0.2) is 16.9 Å². The van der Waals surface area contributed by atoms with E-state index in [4.69, 9.17) is 17.3 Å². The number of fused-ring (bicyclic) bond motifs is 1. The zero-order chi connectivity index (χ0) is 12.6. The first-order chi connectivity index (χ1) is 7.97. The maximum Gasteiger partial charge on any atom is 0.258 e. The molecule has 0 atom stereocenters. The summed E-state index contributed by atoms with van der Waals surface area (Å²) in [6, 6.07) is 2.35. The van der Waals surface area contributed by atoms with Crippen molar-refractivity contribution in [2.75, 3.05) is 0 Å². The van der Waals surface area contributed by atoms with Crippen LogP contribution in [0.25, 0.3) is 10.9 Å². The molecule has 2 rings (SSSR count). The summed E-state index contributed by atoms with van der Waals surface area (Å²) in [6.45, 7) is 0. The summed E-state index contributed by atoms with van der Waals surface area (Å²) in [5, 5.41) is 0.133. The summed E-state index contributed by atoms with van der Waals surface area (Å²) in [6.07, 6.45) is -0.257. The van der Waals surface area contributed by atoms with E-state index in [-0.39, 0.29) is 28.2 Å². The third-order valence-electron chi connectivity index (χ3n) is 2.12. The zero-order valence-corrected chi connectivity index (χ0v) is 9.21. The number of amides is 1. The standard InChI is InChI=1S/C10H7ClFN3O2/c11-4-1-5-9(6(12)2-4)14-8(3-7(13)16)15-10(5)17/h1-2H,3H2,(H2,13,16)(H,14,15,17). The minimum absolute atomic E-state index is 0.0243. The molecule has 0 saturated heterocycles. The first kappa shape index (κ1) is 11.5. The smallest absolute Gasteiger partial charge is 0.258 e. The Labute approximate surface area is 99.4 Å². The molecule has 0 aliphatic heterocycles. The largest absolute Gasteiger partial charge is 0.369 e. The number of primary amides is 1. The van der Waals surface area contributed by atoms with Crippen molar-refractivity contribution in [3.05, 3.63) is 39.2 Å². The van der Waals surface area contributed by atoms with E-state index in [1.165, 1.54) is 6.07 Å². The van der Waals surface area contributed by atoms with Crippen molar-refractivity contribution in [1.82, 2.24) is 9.97 Å². The molecule has 0 saturated carbocycles. The molecule has 2 aromatic rings. The van der Waals surface area contributed by atoms with Crippen LogP contribution in [0, 0.1) is 5.82 Å². The predicted molar refractivity (Wildman–Crippen MR) is 60.2 cm³/mol. The van der Waals surface area contributed by atoms with Crippen molar-refractivity contribution in [1.29, 1.82) is 0 Å². The third-order valence-corrected chi connectivity index (χ3v) is 2.34. The second-order valence-electron chi connectivity index (χ2n) is 3.44. The fraction of sp³-hybridized carbons (Fsp3) is 0.100. The van der Waals surface area contributed by atoms with Crippen LogP contribution in [0.1, 0.15) is 5.82 Å². The summed E-state index contributed by atoms with van der Waals surface area (Å²) in [5.74, 6) is -1.36. The molecule has 7 heteroatoms. The molecule has 0 spiro atoms. The molecule has 0 bridgehead atoms. The number of benzene rings is 1. The van der Waals surface area contributed by atoms with Gasteiger partial charge in [0, 0.05) is 5.02 Å². The van der Waals surface area contributed by atoms with E-state index < -0.39 is 17.3 Å². The minimum atomic E-state index is -0.718. The van der Waals surface area contributed by atoms with Gasteiger partial charge >= 0.3 is 0 Å². The lowest BCUT2D eigenvalue weighted by atomic mass is 10.2. The number of nitrogens with two attached hydrogens (primary N) is 1. The maximum atomic E-state index is 13.5. The van der Waals surface area contributed by atoms with Crippen LogP contribution in [-0.4, -0.2) is 15.9 Å². The number of aromatic amines is 1. The molecule has 88 valence electrons. The lowest BCUT2D eigenvalue weighted by molar-refractivity contribution is -0.117. The maximum absolute atomic E-state index is 13.5. The van der Waals surface area contributed by atoms with Gasteiger partial charge in [0.15, 0.2) is 5.82 Å². The number of halogens is 2. The number of nitrogens with zero attached hydrogens (tertiary/aromatic N) is 1. The van der Waals surface area contributed by atoms with Gasteiger partial charge in [0.2, 0.25) is 5.91 Å². The molecule has 0 radical (unpaired) electrons.